The number of carbonyl (C=O) groups is 2. The second kappa shape index (κ2) is 11.1. The van der Waals surface area contributed by atoms with Crippen molar-refractivity contribution in [2.75, 3.05) is 42.3 Å². The van der Waals surface area contributed by atoms with Crippen LogP contribution in [0.25, 0.3) is 0 Å². The minimum Gasteiger partial charge on any atom is -0.481 e. The van der Waals surface area contributed by atoms with Crippen LogP contribution in [0, 0.1) is 0 Å². The van der Waals surface area contributed by atoms with Crippen molar-refractivity contribution < 1.29 is 27.9 Å². The van der Waals surface area contributed by atoms with E-state index in [4.69, 9.17) is 4.98 Å². The summed E-state index contributed by atoms with van der Waals surface area (Å²) < 4.78 is 38.3. The van der Waals surface area contributed by atoms with Crippen LogP contribution >= 0.6 is 0 Å². The van der Waals surface area contributed by atoms with Gasteiger partial charge in [0.2, 0.25) is 0 Å². The summed E-state index contributed by atoms with van der Waals surface area (Å²) >= 11 is 0. The van der Waals surface area contributed by atoms with Gasteiger partial charge >= 0.3 is 12.1 Å². The van der Waals surface area contributed by atoms with E-state index < -0.39 is 23.6 Å². The molecule has 200 valence electrons. The molecule has 1 aliphatic heterocycles. The molecule has 1 saturated heterocycles. The molecule has 3 aromatic rings. The number of hydrogen-bond acceptors (Lipinski definition) is 6. The fraction of sp³-hybridized carbons (Fsp3) is 0.333. The van der Waals surface area contributed by atoms with E-state index in [9.17, 15) is 27.9 Å². The Hall–Kier alpha value is -4.15. The first kappa shape index (κ1) is 26.9. The number of carbonyl (C=O) groups excluding carboxylic acids is 1. The van der Waals surface area contributed by atoms with E-state index in [1.54, 1.807) is 17.0 Å². The minimum absolute atomic E-state index is 0.114. The monoisotopic (exact) mass is 527 g/mol. The van der Waals surface area contributed by atoms with E-state index in [0.29, 0.717) is 35.1 Å². The summed E-state index contributed by atoms with van der Waals surface area (Å²) in [4.78, 5) is 37.4. The lowest BCUT2D eigenvalue weighted by Gasteiger charge is -2.24. The van der Waals surface area contributed by atoms with Crippen molar-refractivity contribution in [3.05, 3.63) is 76.6 Å². The number of rotatable bonds is 8. The van der Waals surface area contributed by atoms with E-state index in [2.05, 4.69) is 15.2 Å². The first-order valence-corrected chi connectivity index (χ1v) is 12.1. The van der Waals surface area contributed by atoms with Gasteiger partial charge in [-0.05, 0) is 54.8 Å². The van der Waals surface area contributed by atoms with Crippen LogP contribution in [0.2, 0.25) is 0 Å². The minimum atomic E-state index is -4.46. The summed E-state index contributed by atoms with van der Waals surface area (Å²) in [6, 6.07) is 11.0. The van der Waals surface area contributed by atoms with Crippen LogP contribution in [0.3, 0.4) is 0 Å². The quantitative estimate of drug-likeness (QED) is 0.441. The maximum atomic E-state index is 12.8. The van der Waals surface area contributed by atoms with E-state index in [-0.39, 0.29) is 12.0 Å². The highest BCUT2D eigenvalue weighted by Gasteiger charge is 2.30. The van der Waals surface area contributed by atoms with Gasteiger partial charge in [-0.25, -0.2) is 9.97 Å². The first-order valence-electron chi connectivity index (χ1n) is 12.1. The number of alkyl halides is 3. The number of nitrogens with one attached hydrogen (secondary N) is 1. The lowest BCUT2D eigenvalue weighted by atomic mass is 10.1. The zero-order valence-corrected chi connectivity index (χ0v) is 21.0. The van der Waals surface area contributed by atoms with Crippen molar-refractivity contribution in [1.82, 2.24) is 9.97 Å². The third kappa shape index (κ3) is 6.39. The van der Waals surface area contributed by atoms with Gasteiger partial charge in [0.05, 0.1) is 12.0 Å². The predicted molar refractivity (Wildman–Crippen MR) is 138 cm³/mol. The summed E-state index contributed by atoms with van der Waals surface area (Å²) in [5.41, 5.74) is 1.25. The lowest BCUT2D eigenvalue weighted by molar-refractivity contribution is -0.138. The third-order valence-corrected chi connectivity index (χ3v) is 6.22. The first-order chi connectivity index (χ1) is 18.0. The summed E-state index contributed by atoms with van der Waals surface area (Å²) in [5, 5.41) is 12.2. The molecule has 0 spiro atoms. The Labute approximate surface area is 218 Å². The molecule has 2 heterocycles. The molecule has 2 aromatic carbocycles. The molecule has 0 radical (unpaired) electrons. The fourth-order valence-electron chi connectivity index (χ4n) is 4.36. The molecule has 0 bridgehead atoms. The summed E-state index contributed by atoms with van der Waals surface area (Å²) in [6.45, 7) is 1.62. The second-order valence-electron chi connectivity index (χ2n) is 9.33. The molecular weight excluding hydrogens is 499 g/mol. The van der Waals surface area contributed by atoms with Crippen molar-refractivity contribution in [3.63, 3.8) is 0 Å². The van der Waals surface area contributed by atoms with Crippen LogP contribution in [0.4, 0.5) is 30.5 Å². The fourth-order valence-corrected chi connectivity index (χ4v) is 4.36. The maximum absolute atomic E-state index is 12.8. The van der Waals surface area contributed by atoms with E-state index in [1.165, 1.54) is 0 Å². The summed E-state index contributed by atoms with van der Waals surface area (Å²) in [6.07, 6.45) is -2.21. The molecule has 4 rings (SSSR count). The van der Waals surface area contributed by atoms with Crippen LogP contribution < -0.4 is 15.1 Å². The highest BCUT2D eigenvalue weighted by atomic mass is 19.4. The Bertz CT molecular complexity index is 1300. The van der Waals surface area contributed by atoms with Gasteiger partial charge in [0.15, 0.2) is 0 Å². The molecule has 11 heteroatoms. The maximum Gasteiger partial charge on any atom is 0.416 e. The number of amides is 1. The van der Waals surface area contributed by atoms with Gasteiger partial charge in [-0.1, -0.05) is 12.1 Å². The molecule has 2 N–H and O–H groups in total. The summed E-state index contributed by atoms with van der Waals surface area (Å²) in [7, 11) is 3.64. The van der Waals surface area contributed by atoms with Crippen molar-refractivity contribution >= 4 is 29.2 Å². The molecule has 38 heavy (non-hydrogen) atoms. The number of carboxylic acid groups (broad SMARTS) is 1. The molecule has 1 fully saturated rings. The van der Waals surface area contributed by atoms with Gasteiger partial charge in [-0.15, -0.1) is 0 Å². The Morgan fingerprint density at radius 3 is 2.18 bits per heavy atom. The lowest BCUT2D eigenvalue weighted by Crippen LogP contribution is -2.26. The predicted octanol–water partition coefficient (Wildman–Crippen LogP) is 4.63. The normalized spacial score (nSPS) is 13.4. The molecule has 0 unspecified atom stereocenters. The highest BCUT2D eigenvalue weighted by Crippen LogP contribution is 2.31. The van der Waals surface area contributed by atoms with Crippen LogP contribution in [-0.4, -0.2) is 54.1 Å². The smallest absolute Gasteiger partial charge is 0.416 e. The van der Waals surface area contributed by atoms with E-state index in [1.807, 2.05) is 26.2 Å². The Balaban J connectivity index is 1.51. The van der Waals surface area contributed by atoms with Crippen molar-refractivity contribution in [2.24, 2.45) is 0 Å². The standard InChI is InChI=1S/C27H28F3N5O3/c1-34(2)24-21(16-23(36)37)25(35-13-3-4-14-35)33-22(32-24)15-17-5-11-20(12-6-17)31-26(38)18-7-9-19(10-8-18)27(28,29)30/h5-12H,3-4,13-16H2,1-2H3,(H,31,38)(H,36,37). The van der Waals surface area contributed by atoms with Gasteiger partial charge in [0.25, 0.3) is 5.91 Å². The Kier molecular flexibility index (Phi) is 7.84. The van der Waals surface area contributed by atoms with Crippen molar-refractivity contribution in [2.45, 2.75) is 31.9 Å². The van der Waals surface area contributed by atoms with Gasteiger partial charge in [-0.3, -0.25) is 9.59 Å². The molecule has 1 aromatic heterocycles. The average molecular weight is 528 g/mol. The number of halogens is 3. The van der Waals surface area contributed by atoms with Crippen molar-refractivity contribution in [3.8, 4) is 0 Å². The van der Waals surface area contributed by atoms with Crippen molar-refractivity contribution in [1.29, 1.82) is 0 Å². The van der Waals surface area contributed by atoms with Gasteiger partial charge in [-0.2, -0.15) is 13.2 Å². The molecule has 0 saturated carbocycles. The number of carboxylic acids is 1. The SMILES string of the molecule is CN(C)c1nc(Cc2ccc(NC(=O)c3ccc(C(F)(F)F)cc3)cc2)nc(N2CCCC2)c1CC(=O)O. The second-order valence-corrected chi connectivity index (χ2v) is 9.33. The molecule has 1 aliphatic rings. The molecular formula is C27H28F3N5O3. The van der Waals surface area contributed by atoms with Crippen LogP contribution in [0.1, 0.15) is 45.7 Å². The largest absolute Gasteiger partial charge is 0.481 e. The van der Waals surface area contributed by atoms with Gasteiger partial charge in [0, 0.05) is 50.4 Å². The number of aliphatic carboxylic acids is 1. The van der Waals surface area contributed by atoms with Crippen LogP contribution in [0.5, 0.6) is 0 Å². The number of aromatic nitrogens is 2. The zero-order chi connectivity index (χ0) is 27.4. The van der Waals surface area contributed by atoms with E-state index >= 15 is 0 Å². The molecule has 0 atom stereocenters. The summed E-state index contributed by atoms with van der Waals surface area (Å²) in [5.74, 6) is 0.304. The zero-order valence-electron chi connectivity index (χ0n) is 21.0. The van der Waals surface area contributed by atoms with Crippen LogP contribution in [-0.2, 0) is 23.8 Å². The number of benzene rings is 2. The van der Waals surface area contributed by atoms with Gasteiger partial charge < -0.3 is 20.2 Å². The Morgan fingerprint density at radius 1 is 1.00 bits per heavy atom. The highest BCUT2D eigenvalue weighted by molar-refractivity contribution is 6.04. The number of hydrogen-bond donors (Lipinski definition) is 2. The Morgan fingerprint density at radius 2 is 1.63 bits per heavy atom. The molecule has 1 amide bonds. The van der Waals surface area contributed by atoms with Crippen LogP contribution in [0.15, 0.2) is 48.5 Å². The topological polar surface area (TPSA) is 98.7 Å². The van der Waals surface area contributed by atoms with E-state index in [0.717, 1.165) is 55.8 Å². The molecule has 0 aliphatic carbocycles. The third-order valence-electron chi connectivity index (χ3n) is 6.22. The van der Waals surface area contributed by atoms with Gasteiger partial charge in [0.1, 0.15) is 17.5 Å². The molecule has 8 nitrogen and oxygen atoms in total. The number of nitrogens with zero attached hydrogens (tertiary/aromatic N) is 4. The average Bonchev–Trinajstić information content (AvgIpc) is 3.40. The number of anilines is 3.